The molecule has 8 nitrogen and oxygen atoms in total. The Labute approximate surface area is 290 Å². The number of aliphatic hydroxyl groups is 1. The van der Waals surface area contributed by atoms with Crippen LogP contribution < -0.4 is 10.6 Å². The van der Waals surface area contributed by atoms with Gasteiger partial charge in [0.05, 0.1) is 18.8 Å². The first-order chi connectivity index (χ1) is 23.9. The Morgan fingerprint density at radius 1 is 0.755 bits per heavy atom. The molecule has 49 heavy (non-hydrogen) atoms. The highest BCUT2D eigenvalue weighted by atomic mass is 16.7. The molecule has 3 N–H and O–H groups in total. The zero-order chi connectivity index (χ0) is 34.4. The molecule has 0 aliphatic carbocycles. The van der Waals surface area contributed by atoms with Crippen molar-refractivity contribution < 1.29 is 24.2 Å². The van der Waals surface area contributed by atoms with Gasteiger partial charge < -0.3 is 25.2 Å². The maximum Gasteiger partial charge on any atom is 0.224 e. The molecular formula is C41H49N3O5. The second kappa shape index (κ2) is 18.4. The monoisotopic (exact) mass is 663 g/mol. The van der Waals surface area contributed by atoms with Crippen LogP contribution in [0, 0.1) is 5.92 Å². The van der Waals surface area contributed by atoms with Crippen LogP contribution >= 0.6 is 0 Å². The first-order valence-electron chi connectivity index (χ1n) is 17.3. The van der Waals surface area contributed by atoms with Crippen molar-refractivity contribution in [3.63, 3.8) is 0 Å². The Morgan fingerprint density at radius 3 is 2.06 bits per heavy atom. The lowest BCUT2D eigenvalue weighted by atomic mass is 9.89. The molecule has 4 aromatic rings. The smallest absolute Gasteiger partial charge is 0.224 e. The lowest BCUT2D eigenvalue weighted by Gasteiger charge is -2.43. The van der Waals surface area contributed by atoms with E-state index in [1.54, 1.807) is 0 Å². The molecule has 0 saturated carbocycles. The fourth-order valence-corrected chi connectivity index (χ4v) is 6.29. The van der Waals surface area contributed by atoms with Gasteiger partial charge in [0.25, 0.3) is 0 Å². The summed E-state index contributed by atoms with van der Waals surface area (Å²) in [5.74, 6) is -0.0567. The van der Waals surface area contributed by atoms with E-state index >= 15 is 0 Å². The Kier molecular flexibility index (Phi) is 13.5. The molecule has 5 rings (SSSR count). The number of nitrogens with zero attached hydrogens (tertiary/aromatic N) is 1. The fraction of sp³-hybridized carbons (Fsp3) is 0.366. The average Bonchev–Trinajstić information content (AvgIpc) is 3.11. The summed E-state index contributed by atoms with van der Waals surface area (Å²) >= 11 is 0. The first-order valence-corrected chi connectivity index (χ1v) is 17.3. The van der Waals surface area contributed by atoms with Gasteiger partial charge in [0.2, 0.25) is 11.8 Å². The number of hydrogen-bond donors (Lipinski definition) is 3. The van der Waals surface area contributed by atoms with Gasteiger partial charge in [0, 0.05) is 56.7 Å². The first kappa shape index (κ1) is 36.0. The molecule has 1 aliphatic rings. The fourth-order valence-electron chi connectivity index (χ4n) is 6.29. The molecule has 1 aliphatic heterocycles. The lowest BCUT2D eigenvalue weighted by Crippen LogP contribution is -2.44. The molecule has 0 unspecified atom stereocenters. The summed E-state index contributed by atoms with van der Waals surface area (Å²) in [5, 5.41) is 15.5. The van der Waals surface area contributed by atoms with Gasteiger partial charge in [-0.3, -0.25) is 14.5 Å². The van der Waals surface area contributed by atoms with Crippen molar-refractivity contribution in [2.45, 2.75) is 77.7 Å². The molecule has 0 aromatic heterocycles. The minimum absolute atomic E-state index is 0.0146. The number of anilines is 1. The Morgan fingerprint density at radius 2 is 1.43 bits per heavy atom. The highest BCUT2D eigenvalue weighted by molar-refractivity contribution is 5.90. The number of amides is 2. The molecule has 1 saturated heterocycles. The van der Waals surface area contributed by atoms with Gasteiger partial charge in [-0.25, -0.2) is 0 Å². The van der Waals surface area contributed by atoms with Gasteiger partial charge >= 0.3 is 0 Å². The van der Waals surface area contributed by atoms with Crippen LogP contribution in [0.3, 0.4) is 0 Å². The predicted molar refractivity (Wildman–Crippen MR) is 192 cm³/mol. The van der Waals surface area contributed by atoms with Gasteiger partial charge in [-0.05, 0) is 47.2 Å². The van der Waals surface area contributed by atoms with Gasteiger partial charge in [-0.15, -0.1) is 0 Å². The Hall–Kier alpha value is -4.34. The summed E-state index contributed by atoms with van der Waals surface area (Å²) in [7, 11) is 0. The van der Waals surface area contributed by atoms with Crippen molar-refractivity contribution >= 4 is 17.5 Å². The van der Waals surface area contributed by atoms with Crippen molar-refractivity contribution in [1.29, 1.82) is 0 Å². The van der Waals surface area contributed by atoms with Crippen LogP contribution in [0.5, 0.6) is 0 Å². The number of aliphatic hydroxyl groups excluding tert-OH is 1. The van der Waals surface area contributed by atoms with E-state index in [1.165, 1.54) is 18.1 Å². The third-order valence-corrected chi connectivity index (χ3v) is 8.96. The largest absolute Gasteiger partial charge is 0.392 e. The Balaban J connectivity index is 1.33. The van der Waals surface area contributed by atoms with Gasteiger partial charge in [0.1, 0.15) is 0 Å². The number of ether oxygens (including phenoxy) is 2. The molecule has 4 atom stereocenters. The SMILES string of the molecule is CC(=O)NCCCCCC(=O)Nc1cccc([C@@H]2O[C@H](CN(Cc3ccccc3)Cc3ccccc3)[C@H](C)[C@H](c3ccc(CO)cc3)O2)c1. The summed E-state index contributed by atoms with van der Waals surface area (Å²) in [6, 6.07) is 36.7. The van der Waals surface area contributed by atoms with Crippen LogP contribution in [0.1, 0.15) is 79.7 Å². The molecule has 258 valence electrons. The number of carbonyl (C=O) groups excluding carboxylic acids is 2. The van der Waals surface area contributed by atoms with Crippen LogP contribution in [-0.2, 0) is 38.8 Å². The van der Waals surface area contributed by atoms with E-state index in [9.17, 15) is 14.7 Å². The predicted octanol–water partition coefficient (Wildman–Crippen LogP) is 7.31. The standard InChI is InChI=1S/C41H49N3O5/c1-30-38(28-44(26-32-13-6-3-7-14-32)27-33-15-8-4-9-16-33)48-41(49-40(30)35-22-20-34(29-45)21-23-35)36-17-12-18-37(25-36)43-39(47)19-10-5-11-24-42-31(2)46/h3-4,6-9,12-18,20-23,25,30,38,40-41,45H,5,10-11,19,24,26-29H2,1-2H3,(H,42,46)(H,43,47)/t30-,38+,40+,41+/m0/s1. The van der Waals surface area contributed by atoms with Crippen LogP contribution in [0.4, 0.5) is 5.69 Å². The van der Waals surface area contributed by atoms with Crippen molar-refractivity contribution in [2.75, 3.05) is 18.4 Å². The minimum Gasteiger partial charge on any atom is -0.392 e. The number of rotatable bonds is 16. The van der Waals surface area contributed by atoms with Crippen LogP contribution in [0.25, 0.3) is 0 Å². The van der Waals surface area contributed by atoms with E-state index in [-0.39, 0.29) is 36.5 Å². The zero-order valence-electron chi connectivity index (χ0n) is 28.6. The van der Waals surface area contributed by atoms with Gasteiger partial charge in [-0.1, -0.05) is 110 Å². The number of carbonyl (C=O) groups is 2. The molecule has 0 spiro atoms. The van der Waals surface area contributed by atoms with Crippen molar-refractivity contribution in [3.8, 4) is 0 Å². The molecule has 4 aromatic carbocycles. The number of benzene rings is 4. The van der Waals surface area contributed by atoms with E-state index in [0.29, 0.717) is 25.2 Å². The van der Waals surface area contributed by atoms with E-state index < -0.39 is 6.29 Å². The third-order valence-electron chi connectivity index (χ3n) is 8.96. The molecule has 1 heterocycles. The third kappa shape index (κ3) is 11.1. The molecule has 2 amide bonds. The summed E-state index contributed by atoms with van der Waals surface area (Å²) in [5.41, 5.74) is 5.89. The van der Waals surface area contributed by atoms with Gasteiger partial charge in [-0.2, -0.15) is 0 Å². The maximum atomic E-state index is 12.8. The zero-order valence-corrected chi connectivity index (χ0v) is 28.6. The van der Waals surface area contributed by atoms with Crippen molar-refractivity contribution in [1.82, 2.24) is 10.2 Å². The van der Waals surface area contributed by atoms with Crippen molar-refractivity contribution in [3.05, 3.63) is 137 Å². The van der Waals surface area contributed by atoms with E-state index in [1.807, 2.05) is 60.7 Å². The highest BCUT2D eigenvalue weighted by Crippen LogP contribution is 2.42. The molecule has 0 bridgehead atoms. The van der Waals surface area contributed by atoms with Crippen LogP contribution in [0.2, 0.25) is 0 Å². The van der Waals surface area contributed by atoms with Crippen LogP contribution in [0.15, 0.2) is 109 Å². The second-order valence-corrected chi connectivity index (χ2v) is 12.9. The quantitative estimate of drug-likeness (QED) is 0.109. The summed E-state index contributed by atoms with van der Waals surface area (Å²) in [4.78, 5) is 26.3. The van der Waals surface area contributed by atoms with E-state index in [2.05, 4.69) is 71.0 Å². The summed E-state index contributed by atoms with van der Waals surface area (Å²) in [6.07, 6.45) is 1.81. The highest BCUT2D eigenvalue weighted by Gasteiger charge is 2.39. The number of hydrogen-bond acceptors (Lipinski definition) is 6. The lowest BCUT2D eigenvalue weighted by molar-refractivity contribution is -0.276. The molecule has 8 heteroatoms. The molecular weight excluding hydrogens is 614 g/mol. The summed E-state index contributed by atoms with van der Waals surface area (Å²) < 4.78 is 13.5. The van der Waals surface area contributed by atoms with Crippen LogP contribution in [-0.4, -0.2) is 41.0 Å². The topological polar surface area (TPSA) is 100 Å². The molecule has 0 radical (unpaired) electrons. The van der Waals surface area contributed by atoms with Crippen molar-refractivity contribution in [2.24, 2.45) is 5.92 Å². The summed E-state index contributed by atoms with van der Waals surface area (Å²) in [6.45, 7) is 6.54. The minimum atomic E-state index is -0.648. The number of unbranched alkanes of at least 4 members (excludes halogenated alkanes) is 2. The van der Waals surface area contributed by atoms with E-state index in [4.69, 9.17) is 9.47 Å². The Bertz CT molecular complexity index is 1560. The normalized spacial score (nSPS) is 19.0. The average molecular weight is 664 g/mol. The van der Waals surface area contributed by atoms with Gasteiger partial charge in [0.15, 0.2) is 6.29 Å². The van der Waals surface area contributed by atoms with E-state index in [0.717, 1.165) is 49.0 Å². The maximum absolute atomic E-state index is 12.8. The second-order valence-electron chi connectivity index (χ2n) is 12.9. The number of nitrogens with one attached hydrogen (secondary N) is 2. The molecule has 1 fully saturated rings.